The Balaban J connectivity index is 1.99. The van der Waals surface area contributed by atoms with Crippen LogP contribution in [0.5, 0.6) is 0 Å². The van der Waals surface area contributed by atoms with Crippen LogP contribution in [-0.2, 0) is 16.1 Å². The average molecular weight is 372 g/mol. The average Bonchev–Trinajstić information content (AvgIpc) is 3.07. The number of carbonyl (C=O) groups excluding carboxylic acids is 1. The second-order valence-corrected chi connectivity index (χ2v) is 6.73. The van der Waals surface area contributed by atoms with E-state index in [0.717, 1.165) is 22.4 Å². The molecule has 0 bridgehead atoms. The molecule has 1 aromatic carbocycles. The van der Waals surface area contributed by atoms with Crippen molar-refractivity contribution in [3.8, 4) is 11.1 Å². The van der Waals surface area contributed by atoms with E-state index in [0.29, 0.717) is 19.6 Å². The maximum Gasteiger partial charge on any atom is 0.405 e. The first-order chi connectivity index (χ1) is 12.9. The summed E-state index contributed by atoms with van der Waals surface area (Å²) in [6, 6.07) is 5.30. The van der Waals surface area contributed by atoms with Crippen LogP contribution >= 0.6 is 0 Å². The summed E-state index contributed by atoms with van der Waals surface area (Å²) in [6.07, 6.45) is 3.14. The van der Waals surface area contributed by atoms with E-state index < -0.39 is 6.09 Å². The summed E-state index contributed by atoms with van der Waals surface area (Å²) in [5.41, 5.74) is 3.40. The Morgan fingerprint density at radius 1 is 1.37 bits per heavy atom. The molecule has 0 fully saturated rings. The van der Waals surface area contributed by atoms with Crippen LogP contribution in [0.4, 0.5) is 10.5 Å². The SMILES string of the molecule is COCCn1cc(-c2ccc3c(c2)[C@H](NC(=O)O)C[C@H](C)N3C(C)=O)cn1. The summed E-state index contributed by atoms with van der Waals surface area (Å²) < 4.78 is 6.87. The van der Waals surface area contributed by atoms with Gasteiger partial charge in [-0.15, -0.1) is 0 Å². The Bertz CT molecular complexity index is 848. The van der Waals surface area contributed by atoms with Crippen molar-refractivity contribution >= 4 is 17.7 Å². The van der Waals surface area contributed by atoms with Gasteiger partial charge in [0, 0.05) is 37.5 Å². The number of rotatable bonds is 5. The van der Waals surface area contributed by atoms with E-state index in [1.165, 1.54) is 6.92 Å². The molecule has 0 saturated carbocycles. The van der Waals surface area contributed by atoms with Crippen LogP contribution in [0.3, 0.4) is 0 Å². The number of nitrogens with zero attached hydrogens (tertiary/aromatic N) is 3. The number of methoxy groups -OCH3 is 1. The molecule has 8 heteroatoms. The van der Waals surface area contributed by atoms with Gasteiger partial charge in [0.2, 0.25) is 5.91 Å². The Morgan fingerprint density at radius 2 is 2.15 bits per heavy atom. The Kier molecular flexibility index (Phi) is 5.46. The smallest absolute Gasteiger partial charge is 0.405 e. The van der Waals surface area contributed by atoms with E-state index in [9.17, 15) is 14.7 Å². The van der Waals surface area contributed by atoms with Gasteiger partial charge >= 0.3 is 6.09 Å². The molecule has 144 valence electrons. The Labute approximate surface area is 157 Å². The highest BCUT2D eigenvalue weighted by molar-refractivity contribution is 5.94. The Morgan fingerprint density at radius 3 is 2.81 bits per heavy atom. The zero-order chi connectivity index (χ0) is 19.6. The highest BCUT2D eigenvalue weighted by Gasteiger charge is 2.33. The molecule has 1 aliphatic rings. The first kappa shape index (κ1) is 18.9. The summed E-state index contributed by atoms with van der Waals surface area (Å²) in [7, 11) is 1.64. The predicted octanol–water partition coefficient (Wildman–Crippen LogP) is 2.65. The van der Waals surface area contributed by atoms with E-state index in [1.54, 1.807) is 22.9 Å². The largest absolute Gasteiger partial charge is 0.465 e. The van der Waals surface area contributed by atoms with E-state index in [4.69, 9.17) is 4.74 Å². The van der Waals surface area contributed by atoms with Gasteiger partial charge < -0.3 is 20.1 Å². The van der Waals surface area contributed by atoms with Gasteiger partial charge in [-0.3, -0.25) is 9.48 Å². The molecule has 0 aliphatic carbocycles. The van der Waals surface area contributed by atoms with Crippen molar-refractivity contribution in [3.05, 3.63) is 36.2 Å². The van der Waals surface area contributed by atoms with E-state index in [2.05, 4.69) is 10.4 Å². The number of aromatic nitrogens is 2. The van der Waals surface area contributed by atoms with E-state index >= 15 is 0 Å². The number of anilines is 1. The number of nitrogens with one attached hydrogen (secondary N) is 1. The third-order valence-corrected chi connectivity index (χ3v) is 4.81. The summed E-state index contributed by atoms with van der Waals surface area (Å²) in [4.78, 5) is 25.1. The first-order valence-corrected chi connectivity index (χ1v) is 8.85. The second kappa shape index (κ2) is 7.79. The minimum Gasteiger partial charge on any atom is -0.465 e. The van der Waals surface area contributed by atoms with Crippen molar-refractivity contribution in [3.63, 3.8) is 0 Å². The van der Waals surface area contributed by atoms with E-state index in [-0.39, 0.29) is 18.0 Å². The molecule has 0 saturated heterocycles. The number of amides is 2. The summed E-state index contributed by atoms with van der Waals surface area (Å²) in [5.74, 6) is -0.0577. The van der Waals surface area contributed by atoms with Gasteiger partial charge in [0.1, 0.15) is 0 Å². The number of hydrogen-bond donors (Lipinski definition) is 2. The fourth-order valence-corrected chi connectivity index (χ4v) is 3.63. The van der Waals surface area contributed by atoms with Crippen molar-refractivity contribution in [2.75, 3.05) is 18.6 Å². The van der Waals surface area contributed by atoms with Gasteiger partial charge in [0.25, 0.3) is 0 Å². The molecular formula is C19H24N4O4. The van der Waals surface area contributed by atoms with Crippen LogP contribution in [0.25, 0.3) is 11.1 Å². The number of fused-ring (bicyclic) bond motifs is 1. The number of carbonyl (C=O) groups is 2. The molecule has 2 heterocycles. The number of hydrogen-bond acceptors (Lipinski definition) is 4. The second-order valence-electron chi connectivity index (χ2n) is 6.73. The van der Waals surface area contributed by atoms with Crippen LogP contribution in [0, 0.1) is 0 Å². The minimum absolute atomic E-state index is 0.0577. The molecule has 2 atom stereocenters. The van der Waals surface area contributed by atoms with Gasteiger partial charge in [0.05, 0.1) is 25.4 Å². The molecule has 0 radical (unpaired) electrons. The highest BCUT2D eigenvalue weighted by atomic mass is 16.5. The van der Waals surface area contributed by atoms with Crippen LogP contribution < -0.4 is 10.2 Å². The van der Waals surface area contributed by atoms with Crippen LogP contribution in [0.1, 0.15) is 31.9 Å². The molecule has 8 nitrogen and oxygen atoms in total. The standard InChI is InChI=1S/C19H24N4O4/c1-12-8-17(21-19(25)26)16-9-14(4-5-18(16)23(12)13(2)24)15-10-20-22(11-15)6-7-27-3/h4-5,9-12,17,21H,6-8H2,1-3H3,(H,25,26)/t12-,17+/m0/s1. The van der Waals surface area contributed by atoms with Crippen molar-refractivity contribution in [1.29, 1.82) is 0 Å². The fourth-order valence-electron chi connectivity index (χ4n) is 3.63. The summed E-state index contributed by atoms with van der Waals surface area (Å²) >= 11 is 0. The monoisotopic (exact) mass is 372 g/mol. The molecule has 2 aromatic rings. The summed E-state index contributed by atoms with van der Waals surface area (Å²) in [5, 5.41) is 16.1. The molecule has 0 spiro atoms. The van der Waals surface area contributed by atoms with Gasteiger partial charge in [-0.25, -0.2) is 4.79 Å². The van der Waals surface area contributed by atoms with Crippen molar-refractivity contribution in [2.24, 2.45) is 0 Å². The van der Waals surface area contributed by atoms with Crippen molar-refractivity contribution < 1.29 is 19.4 Å². The van der Waals surface area contributed by atoms with Gasteiger partial charge in [-0.05, 0) is 36.6 Å². The first-order valence-electron chi connectivity index (χ1n) is 8.85. The lowest BCUT2D eigenvalue weighted by atomic mass is 9.89. The fraction of sp³-hybridized carbons (Fsp3) is 0.421. The van der Waals surface area contributed by atoms with Crippen LogP contribution in [-0.4, -0.2) is 46.6 Å². The summed E-state index contributed by atoms with van der Waals surface area (Å²) in [6.45, 7) is 4.68. The van der Waals surface area contributed by atoms with Crippen LogP contribution in [0.2, 0.25) is 0 Å². The highest BCUT2D eigenvalue weighted by Crippen LogP contribution is 2.39. The van der Waals surface area contributed by atoms with Gasteiger partial charge in [0.15, 0.2) is 0 Å². The quantitative estimate of drug-likeness (QED) is 0.841. The van der Waals surface area contributed by atoms with Crippen molar-refractivity contribution in [1.82, 2.24) is 15.1 Å². The normalized spacial score (nSPS) is 18.9. The third kappa shape index (κ3) is 3.95. The molecular weight excluding hydrogens is 348 g/mol. The molecule has 27 heavy (non-hydrogen) atoms. The van der Waals surface area contributed by atoms with Crippen molar-refractivity contribution in [2.45, 2.75) is 38.9 Å². The number of ether oxygens (including phenoxy) is 1. The molecule has 1 aliphatic heterocycles. The molecule has 0 unspecified atom stereocenters. The minimum atomic E-state index is -1.08. The predicted molar refractivity (Wildman–Crippen MR) is 101 cm³/mol. The zero-order valence-electron chi connectivity index (χ0n) is 15.7. The molecule has 2 N–H and O–H groups in total. The van der Waals surface area contributed by atoms with Crippen LogP contribution in [0.15, 0.2) is 30.6 Å². The maximum absolute atomic E-state index is 12.1. The molecule has 3 rings (SSSR count). The third-order valence-electron chi connectivity index (χ3n) is 4.81. The lowest BCUT2D eigenvalue weighted by Crippen LogP contribution is -2.45. The van der Waals surface area contributed by atoms with E-state index in [1.807, 2.05) is 31.3 Å². The lowest BCUT2D eigenvalue weighted by Gasteiger charge is -2.39. The topological polar surface area (TPSA) is 96.7 Å². The van der Waals surface area contributed by atoms with Gasteiger partial charge in [-0.2, -0.15) is 5.10 Å². The number of benzene rings is 1. The lowest BCUT2D eigenvalue weighted by molar-refractivity contribution is -0.117. The number of carboxylic acid groups (broad SMARTS) is 1. The van der Waals surface area contributed by atoms with Gasteiger partial charge in [-0.1, -0.05) is 6.07 Å². The zero-order valence-corrected chi connectivity index (χ0v) is 15.7. The maximum atomic E-state index is 12.1. The molecule has 1 aromatic heterocycles. The Hall–Kier alpha value is -2.87. The molecule has 2 amide bonds.